The molecule has 0 rings (SSSR count). The zero-order valence-electron chi connectivity index (χ0n) is 10.1. The van der Waals surface area contributed by atoms with Crippen LogP contribution < -0.4 is 10.2 Å². The smallest absolute Gasteiger partial charge is 0.404 e. The molecule has 0 spiro atoms. The molecule has 18 heavy (non-hydrogen) atoms. The summed E-state index contributed by atoms with van der Waals surface area (Å²) in [5.41, 5.74) is 6.39. The molecule has 9 nitrogen and oxygen atoms in total. The Bertz CT molecular complexity index is 245. The van der Waals surface area contributed by atoms with Gasteiger partial charge in [0.15, 0.2) is 0 Å². The van der Waals surface area contributed by atoms with Crippen molar-refractivity contribution in [2.24, 2.45) is 5.11 Å². The summed E-state index contributed by atoms with van der Waals surface area (Å²) in [6.07, 6.45) is -1.06. The quantitative estimate of drug-likeness (QED) is 0.256. The van der Waals surface area contributed by atoms with E-state index >= 15 is 0 Å². The third-order valence-electron chi connectivity index (χ3n) is 1.67. The molecule has 0 aliphatic carbocycles. The first-order chi connectivity index (χ1) is 8.77. The molecule has 0 saturated heterocycles. The Morgan fingerprint density at radius 2 is 1.67 bits per heavy atom. The van der Waals surface area contributed by atoms with Crippen molar-refractivity contribution in [3.63, 3.8) is 0 Å². The Morgan fingerprint density at radius 1 is 1.11 bits per heavy atom. The van der Waals surface area contributed by atoms with Gasteiger partial charge in [0, 0.05) is 6.54 Å². The highest BCUT2D eigenvalue weighted by molar-refractivity contribution is 5.64. The summed E-state index contributed by atoms with van der Waals surface area (Å²) < 4.78 is 15.4. The van der Waals surface area contributed by atoms with Crippen LogP contribution in [0.1, 0.15) is 0 Å². The van der Waals surface area contributed by atoms with Crippen LogP contribution in [-0.2, 0) is 14.2 Å². The van der Waals surface area contributed by atoms with Crippen LogP contribution in [0.25, 0.3) is 0 Å². The Hall–Kier alpha value is -1.54. The van der Waals surface area contributed by atoms with Crippen LogP contribution in [0.15, 0.2) is 5.11 Å². The molecule has 0 fully saturated rings. The predicted molar refractivity (Wildman–Crippen MR) is 60.6 cm³/mol. The minimum atomic E-state index is -1.06. The minimum Gasteiger partial charge on any atom is -0.465 e. The molecule has 0 unspecified atom stereocenters. The van der Waals surface area contributed by atoms with Crippen molar-refractivity contribution in [1.82, 2.24) is 10.2 Å². The van der Waals surface area contributed by atoms with E-state index in [4.69, 9.17) is 24.8 Å². The van der Waals surface area contributed by atoms with Crippen molar-refractivity contribution in [2.45, 2.75) is 0 Å². The molecule has 9 heteroatoms. The van der Waals surface area contributed by atoms with Gasteiger partial charge in [-0.25, -0.2) is 4.79 Å². The zero-order valence-corrected chi connectivity index (χ0v) is 10.1. The van der Waals surface area contributed by atoms with Crippen molar-refractivity contribution in [1.29, 1.82) is 5.53 Å². The van der Waals surface area contributed by atoms with Crippen molar-refractivity contribution < 1.29 is 24.1 Å². The normalized spacial score (nSPS) is 9.78. The average molecular weight is 263 g/mol. The monoisotopic (exact) mass is 263 g/mol. The molecular weight excluding hydrogens is 244 g/mol. The summed E-state index contributed by atoms with van der Waals surface area (Å²) in [5.74, 6) is 0. The van der Waals surface area contributed by atoms with Gasteiger partial charge in [-0.1, -0.05) is 0 Å². The highest BCUT2D eigenvalue weighted by Crippen LogP contribution is 1.81. The number of amides is 1. The van der Waals surface area contributed by atoms with E-state index in [1.54, 1.807) is 0 Å². The second-order valence-electron chi connectivity index (χ2n) is 3.03. The first kappa shape index (κ1) is 16.5. The number of nitrogens with zero attached hydrogens (tertiary/aromatic N) is 2. The lowest BCUT2D eigenvalue weighted by Gasteiger charge is -2.05. The first-order valence-corrected chi connectivity index (χ1v) is 5.50. The average Bonchev–Trinajstić information content (AvgIpc) is 2.34. The molecule has 0 heterocycles. The molecule has 3 N–H and O–H groups in total. The van der Waals surface area contributed by atoms with E-state index in [2.05, 4.69) is 15.3 Å². The van der Waals surface area contributed by atoms with Crippen molar-refractivity contribution in [3.8, 4) is 0 Å². The summed E-state index contributed by atoms with van der Waals surface area (Å²) in [6, 6.07) is 0. The van der Waals surface area contributed by atoms with Gasteiger partial charge in [0.1, 0.15) is 17.2 Å². The fourth-order valence-electron chi connectivity index (χ4n) is 0.927. The molecule has 0 bridgehead atoms. The van der Waals surface area contributed by atoms with Crippen LogP contribution in [0.2, 0.25) is 0 Å². The van der Waals surface area contributed by atoms with E-state index in [-0.39, 0.29) is 6.54 Å². The summed E-state index contributed by atoms with van der Waals surface area (Å²) >= 11 is 0. The molecule has 1 amide bonds. The van der Waals surface area contributed by atoms with Crippen molar-refractivity contribution in [3.05, 3.63) is 0 Å². The van der Waals surface area contributed by atoms with Crippen molar-refractivity contribution >= 4 is 6.09 Å². The highest BCUT2D eigenvalue weighted by Gasteiger charge is 1.94. The molecule has 0 aliphatic rings. The second kappa shape index (κ2) is 13.5. The van der Waals surface area contributed by atoms with Crippen LogP contribution in [-0.4, -0.2) is 63.9 Å². The maximum absolute atomic E-state index is 10.1. The van der Waals surface area contributed by atoms with E-state index in [9.17, 15) is 4.79 Å². The molecule has 0 aromatic heterocycles. The topological polar surface area (TPSA) is 127 Å². The van der Waals surface area contributed by atoms with Crippen LogP contribution in [0.4, 0.5) is 4.79 Å². The molecular formula is C9H19N4O5+. The zero-order chi connectivity index (χ0) is 13.5. The number of hydrogen-bond donors (Lipinski definition) is 3. The number of carbonyl (C=O) groups is 1. The molecule has 0 saturated carbocycles. The molecule has 0 atom stereocenters. The Labute approximate surface area is 105 Å². The van der Waals surface area contributed by atoms with Gasteiger partial charge in [0.05, 0.1) is 39.6 Å². The first-order valence-electron chi connectivity index (χ1n) is 5.50. The number of carboxylic acid groups (broad SMARTS) is 1. The van der Waals surface area contributed by atoms with E-state index < -0.39 is 6.09 Å². The molecule has 0 aromatic rings. The third-order valence-corrected chi connectivity index (χ3v) is 1.67. The fourth-order valence-corrected chi connectivity index (χ4v) is 0.927. The molecule has 0 radical (unpaired) electrons. The Kier molecular flexibility index (Phi) is 12.4. The van der Waals surface area contributed by atoms with Gasteiger partial charge in [0.25, 0.3) is 0 Å². The van der Waals surface area contributed by atoms with Gasteiger partial charge < -0.3 is 24.6 Å². The van der Waals surface area contributed by atoms with Crippen LogP contribution >= 0.6 is 0 Å². The number of nitrogens with one attached hydrogen (secondary N) is 2. The predicted octanol–water partition coefficient (Wildman–Crippen LogP) is -0.146. The van der Waals surface area contributed by atoms with Gasteiger partial charge in [0.2, 0.25) is 4.91 Å². The highest BCUT2D eigenvalue weighted by atomic mass is 16.5. The fraction of sp³-hybridized carbons (Fsp3) is 0.889. The van der Waals surface area contributed by atoms with E-state index in [0.717, 1.165) is 0 Å². The SMILES string of the molecule is N=[N+]=NCCOCCOCCOCCNC(=O)O. The maximum atomic E-state index is 10.1. The van der Waals surface area contributed by atoms with Crippen LogP contribution in [0, 0.1) is 5.53 Å². The number of hydrogen-bond acceptors (Lipinski definition) is 6. The molecule has 104 valence electrons. The van der Waals surface area contributed by atoms with Gasteiger partial charge >= 0.3 is 6.09 Å². The lowest BCUT2D eigenvalue weighted by atomic mass is 10.6. The van der Waals surface area contributed by atoms with Crippen molar-refractivity contribution in [2.75, 3.05) is 52.7 Å². The lowest BCUT2D eigenvalue weighted by Crippen LogP contribution is -2.25. The summed E-state index contributed by atoms with van der Waals surface area (Å²) in [4.78, 5) is 12.9. The molecule has 0 aliphatic heterocycles. The summed E-state index contributed by atoms with van der Waals surface area (Å²) in [7, 11) is 0. The van der Waals surface area contributed by atoms with Gasteiger partial charge in [-0.05, 0) is 0 Å². The van der Waals surface area contributed by atoms with Gasteiger partial charge in [-0.15, -0.1) is 0 Å². The van der Waals surface area contributed by atoms with Crippen LogP contribution in [0.3, 0.4) is 0 Å². The summed E-state index contributed by atoms with van der Waals surface area (Å²) in [5, 5.41) is 13.9. The maximum Gasteiger partial charge on any atom is 0.404 e. The standard InChI is InChI=1S/C9H18N4O5/c10-13-12-2-4-17-6-8-18-7-5-16-3-1-11-9(14)15/h10-11H,1-8H2/p+1. The van der Waals surface area contributed by atoms with Gasteiger partial charge in [-0.3, -0.25) is 0 Å². The molecule has 0 aromatic carbocycles. The second-order valence-corrected chi connectivity index (χ2v) is 3.03. The van der Waals surface area contributed by atoms with Gasteiger partial charge in [-0.2, -0.15) is 0 Å². The third kappa shape index (κ3) is 14.5. The number of ether oxygens (including phenoxy) is 3. The largest absolute Gasteiger partial charge is 0.465 e. The lowest BCUT2D eigenvalue weighted by molar-refractivity contribution is 0.0165. The number of rotatable bonds is 12. The van der Waals surface area contributed by atoms with E-state index in [1.807, 2.05) is 0 Å². The Balaban J connectivity index is 2.98. The van der Waals surface area contributed by atoms with Crippen LogP contribution in [0.5, 0.6) is 0 Å². The minimum absolute atomic E-state index is 0.267. The van der Waals surface area contributed by atoms with E-state index in [1.165, 1.54) is 0 Å². The van der Waals surface area contributed by atoms with E-state index in [0.29, 0.717) is 46.2 Å². The Morgan fingerprint density at radius 3 is 2.22 bits per heavy atom. The summed E-state index contributed by atoms with van der Waals surface area (Å²) in [6.45, 7) is 3.14.